The summed E-state index contributed by atoms with van der Waals surface area (Å²) in [5.41, 5.74) is 4.37. The van der Waals surface area contributed by atoms with Crippen LogP contribution in [0.15, 0.2) is 24.3 Å². The molecule has 0 unspecified atom stereocenters. The van der Waals surface area contributed by atoms with Crippen molar-refractivity contribution >= 4 is 5.78 Å². The van der Waals surface area contributed by atoms with E-state index < -0.39 is 0 Å². The van der Waals surface area contributed by atoms with E-state index in [9.17, 15) is 15.0 Å². The SMILES string of the molecule is CCc1cc(C(=O)c2cc(CC)c(O)c(CC)c2)cc(CC)c1O. The van der Waals surface area contributed by atoms with E-state index in [2.05, 4.69) is 0 Å². The maximum atomic E-state index is 13.0. The highest BCUT2D eigenvalue weighted by Gasteiger charge is 2.17. The van der Waals surface area contributed by atoms with Crippen LogP contribution in [0.4, 0.5) is 0 Å². The molecule has 128 valence electrons. The maximum absolute atomic E-state index is 13.0. The monoisotopic (exact) mass is 326 g/mol. The van der Waals surface area contributed by atoms with Gasteiger partial charge in [-0.15, -0.1) is 0 Å². The van der Waals surface area contributed by atoms with E-state index >= 15 is 0 Å². The smallest absolute Gasteiger partial charge is 0.193 e. The molecule has 0 radical (unpaired) electrons. The predicted molar refractivity (Wildman–Crippen MR) is 97.2 cm³/mol. The van der Waals surface area contributed by atoms with Crippen LogP contribution in [-0.2, 0) is 25.7 Å². The fraction of sp³-hybridized carbons (Fsp3) is 0.381. The molecule has 0 aliphatic carbocycles. The molecule has 0 saturated heterocycles. The highest BCUT2D eigenvalue weighted by molar-refractivity contribution is 6.09. The van der Waals surface area contributed by atoms with Crippen molar-refractivity contribution in [1.29, 1.82) is 0 Å². The van der Waals surface area contributed by atoms with Crippen molar-refractivity contribution in [2.24, 2.45) is 0 Å². The van der Waals surface area contributed by atoms with Crippen molar-refractivity contribution in [3.05, 3.63) is 57.6 Å². The Morgan fingerprint density at radius 3 is 1.12 bits per heavy atom. The number of benzene rings is 2. The second kappa shape index (κ2) is 7.52. The van der Waals surface area contributed by atoms with Gasteiger partial charge in [-0.25, -0.2) is 0 Å². The molecule has 0 spiro atoms. The maximum Gasteiger partial charge on any atom is 0.193 e. The van der Waals surface area contributed by atoms with Gasteiger partial charge in [-0.3, -0.25) is 4.79 Å². The fourth-order valence-corrected chi connectivity index (χ4v) is 3.03. The minimum absolute atomic E-state index is 0.0659. The lowest BCUT2D eigenvalue weighted by atomic mass is 9.93. The topological polar surface area (TPSA) is 57.5 Å². The molecule has 2 aromatic carbocycles. The highest BCUT2D eigenvalue weighted by Crippen LogP contribution is 2.30. The first kappa shape index (κ1) is 18.1. The first-order chi connectivity index (χ1) is 11.5. The normalized spacial score (nSPS) is 10.8. The largest absolute Gasteiger partial charge is 0.507 e. The summed E-state index contributed by atoms with van der Waals surface area (Å²) in [5.74, 6) is 0.528. The van der Waals surface area contributed by atoms with E-state index in [1.54, 1.807) is 24.3 Å². The third-order valence-corrected chi connectivity index (χ3v) is 4.58. The standard InChI is InChI=1S/C21H26O3/c1-5-13-9-17(10-14(6-2)19(13)22)21(24)18-11-15(7-3)20(23)16(8-4)12-18/h9-12,22-23H,5-8H2,1-4H3. The number of rotatable bonds is 6. The van der Waals surface area contributed by atoms with Crippen molar-refractivity contribution in [2.75, 3.05) is 0 Å². The van der Waals surface area contributed by atoms with Crippen molar-refractivity contribution in [3.8, 4) is 11.5 Å². The van der Waals surface area contributed by atoms with Crippen molar-refractivity contribution in [1.82, 2.24) is 0 Å². The van der Waals surface area contributed by atoms with Gasteiger partial charge in [-0.05, 0) is 72.2 Å². The molecule has 0 heterocycles. The molecule has 2 rings (SSSR count). The van der Waals surface area contributed by atoms with Gasteiger partial charge in [0.1, 0.15) is 11.5 Å². The molecular formula is C21H26O3. The number of aryl methyl sites for hydroxylation is 4. The summed E-state index contributed by atoms with van der Waals surface area (Å²) in [5, 5.41) is 20.4. The number of hydrogen-bond donors (Lipinski definition) is 2. The molecule has 0 bridgehead atoms. The molecular weight excluding hydrogens is 300 g/mol. The first-order valence-electron chi connectivity index (χ1n) is 8.70. The van der Waals surface area contributed by atoms with Crippen LogP contribution in [0.1, 0.15) is 65.9 Å². The van der Waals surface area contributed by atoms with E-state index in [4.69, 9.17) is 0 Å². The van der Waals surface area contributed by atoms with E-state index in [0.717, 1.165) is 22.3 Å². The summed E-state index contributed by atoms with van der Waals surface area (Å²) < 4.78 is 0. The Morgan fingerprint density at radius 1 is 0.667 bits per heavy atom. The van der Waals surface area contributed by atoms with Crippen LogP contribution in [0.2, 0.25) is 0 Å². The van der Waals surface area contributed by atoms with Crippen LogP contribution in [0.25, 0.3) is 0 Å². The Morgan fingerprint density at radius 2 is 0.917 bits per heavy atom. The second-order valence-corrected chi connectivity index (χ2v) is 6.03. The van der Waals surface area contributed by atoms with Crippen LogP contribution in [0, 0.1) is 0 Å². The Bertz CT molecular complexity index is 646. The molecule has 0 saturated carbocycles. The van der Waals surface area contributed by atoms with Gasteiger partial charge in [0, 0.05) is 11.1 Å². The summed E-state index contributed by atoms with van der Waals surface area (Å²) >= 11 is 0. The average Bonchev–Trinajstić information content (AvgIpc) is 2.61. The molecule has 2 N–H and O–H groups in total. The van der Waals surface area contributed by atoms with Crippen LogP contribution < -0.4 is 0 Å². The average molecular weight is 326 g/mol. The summed E-state index contributed by atoms with van der Waals surface area (Å²) in [6, 6.07) is 7.11. The summed E-state index contributed by atoms with van der Waals surface area (Å²) in [6.07, 6.45) is 2.71. The van der Waals surface area contributed by atoms with Gasteiger partial charge in [0.25, 0.3) is 0 Å². The second-order valence-electron chi connectivity index (χ2n) is 6.03. The van der Waals surface area contributed by atoms with Crippen LogP contribution in [0.3, 0.4) is 0 Å². The molecule has 0 fully saturated rings. The Labute approximate surface area is 144 Å². The third-order valence-electron chi connectivity index (χ3n) is 4.58. The zero-order valence-electron chi connectivity index (χ0n) is 14.9. The summed E-state index contributed by atoms with van der Waals surface area (Å²) in [4.78, 5) is 13.0. The molecule has 0 aliphatic rings. The van der Waals surface area contributed by atoms with Crippen molar-refractivity contribution in [2.45, 2.75) is 53.4 Å². The van der Waals surface area contributed by atoms with Crippen LogP contribution in [0.5, 0.6) is 11.5 Å². The lowest BCUT2D eigenvalue weighted by Crippen LogP contribution is -2.06. The predicted octanol–water partition coefficient (Wildman–Crippen LogP) is 4.58. The van der Waals surface area contributed by atoms with Crippen LogP contribution >= 0.6 is 0 Å². The highest BCUT2D eigenvalue weighted by atomic mass is 16.3. The number of carbonyl (C=O) groups excluding carboxylic acids is 1. The Hall–Kier alpha value is -2.29. The molecule has 0 aliphatic heterocycles. The first-order valence-corrected chi connectivity index (χ1v) is 8.70. The minimum Gasteiger partial charge on any atom is -0.507 e. The number of carbonyl (C=O) groups is 1. The lowest BCUT2D eigenvalue weighted by molar-refractivity contribution is 0.103. The molecule has 0 aromatic heterocycles. The Balaban J connectivity index is 2.57. The zero-order valence-corrected chi connectivity index (χ0v) is 14.9. The van der Waals surface area contributed by atoms with Gasteiger partial charge in [0.05, 0.1) is 0 Å². The molecule has 24 heavy (non-hydrogen) atoms. The van der Waals surface area contributed by atoms with E-state index in [1.165, 1.54) is 0 Å². The number of aromatic hydroxyl groups is 2. The molecule has 0 atom stereocenters. The van der Waals surface area contributed by atoms with Gasteiger partial charge < -0.3 is 10.2 Å². The van der Waals surface area contributed by atoms with Gasteiger partial charge in [0.15, 0.2) is 5.78 Å². The number of phenols is 2. The Kier molecular flexibility index (Phi) is 5.66. The summed E-state index contributed by atoms with van der Waals surface area (Å²) in [7, 11) is 0. The minimum atomic E-state index is -0.0659. The molecule has 3 nitrogen and oxygen atoms in total. The third kappa shape index (κ3) is 3.30. The van der Waals surface area contributed by atoms with E-state index in [0.29, 0.717) is 48.3 Å². The zero-order chi connectivity index (χ0) is 17.9. The van der Waals surface area contributed by atoms with E-state index in [-0.39, 0.29) is 5.78 Å². The quantitative estimate of drug-likeness (QED) is 0.764. The van der Waals surface area contributed by atoms with Crippen LogP contribution in [-0.4, -0.2) is 16.0 Å². The number of phenolic OH excluding ortho intramolecular Hbond substituents is 2. The van der Waals surface area contributed by atoms with Gasteiger partial charge in [-0.2, -0.15) is 0 Å². The van der Waals surface area contributed by atoms with Gasteiger partial charge in [0.2, 0.25) is 0 Å². The molecule has 2 aromatic rings. The van der Waals surface area contributed by atoms with Crippen molar-refractivity contribution < 1.29 is 15.0 Å². The fourth-order valence-electron chi connectivity index (χ4n) is 3.03. The van der Waals surface area contributed by atoms with Gasteiger partial charge >= 0.3 is 0 Å². The number of hydrogen-bond acceptors (Lipinski definition) is 3. The van der Waals surface area contributed by atoms with Crippen molar-refractivity contribution in [3.63, 3.8) is 0 Å². The summed E-state index contributed by atoms with van der Waals surface area (Å²) in [6.45, 7) is 7.86. The molecule has 3 heteroatoms. The number of ketones is 1. The van der Waals surface area contributed by atoms with Gasteiger partial charge in [-0.1, -0.05) is 27.7 Å². The molecule has 0 amide bonds. The lowest BCUT2D eigenvalue weighted by Gasteiger charge is -2.13. The van der Waals surface area contributed by atoms with E-state index in [1.807, 2.05) is 27.7 Å².